The molecule has 10 nitrogen and oxygen atoms in total. The predicted octanol–water partition coefficient (Wildman–Crippen LogP) is 3.07. The van der Waals surface area contributed by atoms with Crippen molar-refractivity contribution in [3.63, 3.8) is 0 Å². The molecule has 34 heavy (non-hydrogen) atoms. The number of halogens is 1. The summed E-state index contributed by atoms with van der Waals surface area (Å²) in [6, 6.07) is 0.906. The second-order valence-electron chi connectivity index (χ2n) is 8.38. The number of piperidine rings is 1. The van der Waals surface area contributed by atoms with Crippen molar-refractivity contribution in [2.45, 2.75) is 38.6 Å². The van der Waals surface area contributed by atoms with E-state index in [1.54, 1.807) is 12.4 Å². The van der Waals surface area contributed by atoms with Crippen molar-refractivity contribution >= 4 is 49.5 Å². The van der Waals surface area contributed by atoms with Gasteiger partial charge in [-0.1, -0.05) is 6.08 Å². The van der Waals surface area contributed by atoms with Gasteiger partial charge in [0.05, 0.1) is 28.3 Å². The maximum Gasteiger partial charge on any atom is 0.322 e. The number of pyridine rings is 1. The molecule has 4 rings (SSSR count). The van der Waals surface area contributed by atoms with Crippen LogP contribution in [0.15, 0.2) is 29.0 Å². The van der Waals surface area contributed by atoms with Gasteiger partial charge < -0.3 is 10.8 Å². The Hall–Kier alpha value is -2.83. The molecule has 0 bridgehead atoms. The molecule has 3 aromatic rings. The van der Waals surface area contributed by atoms with Crippen molar-refractivity contribution in [2.24, 2.45) is 0 Å². The van der Waals surface area contributed by atoms with Crippen LogP contribution in [0.1, 0.15) is 42.6 Å². The zero-order valence-corrected chi connectivity index (χ0v) is 21.3. The molecule has 3 N–H and O–H groups in total. The predicted molar refractivity (Wildman–Crippen MR) is 133 cm³/mol. The standard InChI is InChI=1S/C22H25BrN6O4S/c1-4-5-16-12(2)8-14(9-25-16)15-10-26-29-20(24)18(23)19(27-21(15)29)13-6-7-17(22(30)31)28(11-13)34(3,32)33/h4-5,8-10,13,17H,6-7,11,24H2,1-3H3,(H,30,31). The van der Waals surface area contributed by atoms with Crippen LogP contribution in [-0.2, 0) is 14.8 Å². The first kappa shape index (κ1) is 24.3. The lowest BCUT2D eigenvalue weighted by Gasteiger charge is -2.35. The number of aliphatic carboxylic acids is 1. The van der Waals surface area contributed by atoms with Crippen molar-refractivity contribution in [3.8, 4) is 11.1 Å². The van der Waals surface area contributed by atoms with Crippen LogP contribution in [0.3, 0.4) is 0 Å². The number of hydrogen-bond acceptors (Lipinski definition) is 7. The number of aryl methyl sites for hydroxylation is 1. The highest BCUT2D eigenvalue weighted by atomic mass is 79.9. The molecule has 0 amide bonds. The summed E-state index contributed by atoms with van der Waals surface area (Å²) in [5.74, 6) is -1.17. The lowest BCUT2D eigenvalue weighted by Crippen LogP contribution is -2.49. The number of carboxylic acid groups (broad SMARTS) is 1. The number of anilines is 1. The summed E-state index contributed by atoms with van der Waals surface area (Å²) >= 11 is 3.50. The maximum absolute atomic E-state index is 12.3. The molecule has 4 heterocycles. The van der Waals surface area contributed by atoms with E-state index in [2.05, 4.69) is 26.0 Å². The quantitative estimate of drug-likeness (QED) is 0.494. The first-order valence-electron chi connectivity index (χ1n) is 10.6. The molecule has 1 fully saturated rings. The average molecular weight is 549 g/mol. The Morgan fingerprint density at radius 2 is 2.06 bits per heavy atom. The van der Waals surface area contributed by atoms with Crippen LogP contribution in [0.4, 0.5) is 5.82 Å². The van der Waals surface area contributed by atoms with E-state index in [-0.39, 0.29) is 18.9 Å². The largest absolute Gasteiger partial charge is 0.480 e. The Labute approximate surface area is 205 Å². The number of carbonyl (C=O) groups is 1. The third kappa shape index (κ3) is 4.32. The van der Waals surface area contributed by atoms with Gasteiger partial charge >= 0.3 is 5.97 Å². The Morgan fingerprint density at radius 3 is 2.68 bits per heavy atom. The SMILES string of the molecule is CC=Cc1ncc(-c2cnn3c(N)c(Br)c(C4CCC(C(=O)O)N(S(C)(=O)=O)C4)nc23)cc1C. The van der Waals surface area contributed by atoms with Crippen molar-refractivity contribution in [2.75, 3.05) is 18.5 Å². The number of sulfonamides is 1. The smallest absolute Gasteiger partial charge is 0.322 e. The fourth-order valence-electron chi connectivity index (χ4n) is 4.33. The summed E-state index contributed by atoms with van der Waals surface area (Å²) in [6.45, 7) is 3.91. The highest BCUT2D eigenvalue weighted by Gasteiger charge is 2.40. The average Bonchev–Trinajstić information content (AvgIpc) is 3.21. The van der Waals surface area contributed by atoms with E-state index in [1.165, 1.54) is 4.52 Å². The van der Waals surface area contributed by atoms with Gasteiger partial charge in [-0.15, -0.1) is 0 Å². The van der Waals surface area contributed by atoms with Gasteiger partial charge in [-0.2, -0.15) is 13.9 Å². The van der Waals surface area contributed by atoms with Crippen molar-refractivity contribution in [1.29, 1.82) is 0 Å². The fourth-order valence-corrected chi connectivity index (χ4v) is 6.02. The Morgan fingerprint density at radius 1 is 1.32 bits per heavy atom. The van der Waals surface area contributed by atoms with Gasteiger partial charge in [-0.3, -0.25) is 9.78 Å². The monoisotopic (exact) mass is 548 g/mol. The lowest BCUT2D eigenvalue weighted by atomic mass is 9.91. The molecule has 0 saturated carbocycles. The Balaban J connectivity index is 1.80. The van der Waals surface area contributed by atoms with Gasteiger partial charge in [0, 0.05) is 29.8 Å². The van der Waals surface area contributed by atoms with E-state index in [1.807, 2.05) is 32.1 Å². The number of nitrogens with two attached hydrogens (primary N) is 1. The highest BCUT2D eigenvalue weighted by Crippen LogP contribution is 2.38. The van der Waals surface area contributed by atoms with Gasteiger partial charge in [0.25, 0.3) is 0 Å². The molecule has 2 unspecified atom stereocenters. The van der Waals surface area contributed by atoms with Gasteiger partial charge in [0.2, 0.25) is 10.0 Å². The number of hydrogen-bond donors (Lipinski definition) is 2. The second kappa shape index (κ2) is 9.08. The number of nitrogens with zero attached hydrogens (tertiary/aromatic N) is 5. The van der Waals surface area contributed by atoms with E-state index in [9.17, 15) is 18.3 Å². The number of allylic oxidation sites excluding steroid dienone is 1. The van der Waals surface area contributed by atoms with Gasteiger partial charge in [-0.05, 0) is 60.3 Å². The number of nitrogen functional groups attached to an aromatic ring is 1. The molecule has 1 aliphatic rings. The van der Waals surface area contributed by atoms with E-state index in [4.69, 9.17) is 10.7 Å². The highest BCUT2D eigenvalue weighted by molar-refractivity contribution is 9.10. The Bertz CT molecular complexity index is 1420. The van der Waals surface area contributed by atoms with Gasteiger partial charge in [-0.25, -0.2) is 13.4 Å². The summed E-state index contributed by atoms with van der Waals surface area (Å²) in [7, 11) is -3.73. The summed E-state index contributed by atoms with van der Waals surface area (Å²) in [5, 5.41) is 13.9. The van der Waals surface area contributed by atoms with Gasteiger partial charge in [0.1, 0.15) is 11.9 Å². The third-order valence-electron chi connectivity index (χ3n) is 6.04. The zero-order valence-electron chi connectivity index (χ0n) is 18.9. The molecule has 2 atom stereocenters. The summed E-state index contributed by atoms with van der Waals surface area (Å²) in [5.41, 5.74) is 10.9. The van der Waals surface area contributed by atoms with Crippen molar-refractivity contribution in [1.82, 2.24) is 23.9 Å². The third-order valence-corrected chi connectivity index (χ3v) is 8.10. The maximum atomic E-state index is 12.3. The normalized spacial score (nSPS) is 19.8. The molecule has 1 aliphatic heterocycles. The Kier molecular flexibility index (Phi) is 6.49. The van der Waals surface area contributed by atoms with E-state index >= 15 is 0 Å². The number of rotatable bonds is 5. The minimum absolute atomic E-state index is 0.000797. The molecule has 0 radical (unpaired) electrons. The molecular formula is C22H25BrN6O4S. The minimum atomic E-state index is -3.73. The van der Waals surface area contributed by atoms with Crippen LogP contribution in [0.5, 0.6) is 0 Å². The number of aromatic nitrogens is 4. The first-order valence-corrected chi connectivity index (χ1v) is 13.3. The molecule has 0 aliphatic carbocycles. The lowest BCUT2D eigenvalue weighted by molar-refractivity contribution is -0.142. The summed E-state index contributed by atoms with van der Waals surface area (Å²) in [6.07, 6.45) is 8.93. The molecule has 180 valence electrons. The van der Waals surface area contributed by atoms with Crippen LogP contribution in [0.2, 0.25) is 0 Å². The summed E-state index contributed by atoms with van der Waals surface area (Å²) < 4.78 is 27.7. The number of carboxylic acids is 1. The topological polar surface area (TPSA) is 144 Å². The zero-order chi connectivity index (χ0) is 24.8. The van der Waals surface area contributed by atoms with Crippen molar-refractivity contribution < 1.29 is 18.3 Å². The molecule has 0 spiro atoms. The van der Waals surface area contributed by atoms with E-state index in [0.717, 1.165) is 32.9 Å². The molecule has 3 aromatic heterocycles. The van der Waals surface area contributed by atoms with Crippen LogP contribution in [0.25, 0.3) is 22.9 Å². The fraction of sp³-hybridized carbons (Fsp3) is 0.364. The van der Waals surface area contributed by atoms with E-state index in [0.29, 0.717) is 28.1 Å². The molecule has 0 aromatic carbocycles. The van der Waals surface area contributed by atoms with E-state index < -0.39 is 22.0 Å². The van der Waals surface area contributed by atoms with Crippen LogP contribution in [-0.4, -0.2) is 62.2 Å². The molecule has 1 saturated heterocycles. The minimum Gasteiger partial charge on any atom is -0.480 e. The molecular weight excluding hydrogens is 524 g/mol. The van der Waals surface area contributed by atoms with Crippen molar-refractivity contribution in [3.05, 3.63) is 46.0 Å². The van der Waals surface area contributed by atoms with Crippen LogP contribution < -0.4 is 5.73 Å². The molecule has 12 heteroatoms. The van der Waals surface area contributed by atoms with Crippen LogP contribution in [0, 0.1) is 6.92 Å². The van der Waals surface area contributed by atoms with Crippen LogP contribution >= 0.6 is 15.9 Å². The number of fused-ring (bicyclic) bond motifs is 1. The summed E-state index contributed by atoms with van der Waals surface area (Å²) in [4.78, 5) is 21.0. The second-order valence-corrected chi connectivity index (χ2v) is 11.1. The first-order chi connectivity index (χ1) is 16.0. The van der Waals surface area contributed by atoms with Gasteiger partial charge in [0.15, 0.2) is 5.65 Å².